The lowest BCUT2D eigenvalue weighted by Crippen LogP contribution is -2.31. The van der Waals surface area contributed by atoms with Crippen LogP contribution < -0.4 is 4.90 Å². The van der Waals surface area contributed by atoms with Crippen molar-refractivity contribution in [2.24, 2.45) is 0 Å². The van der Waals surface area contributed by atoms with Gasteiger partial charge in [0.15, 0.2) is 0 Å². The summed E-state index contributed by atoms with van der Waals surface area (Å²) in [5.41, 5.74) is 0.724. The lowest BCUT2D eigenvalue weighted by atomic mass is 10.2. The first-order chi connectivity index (χ1) is 8.38. The van der Waals surface area contributed by atoms with E-state index < -0.39 is 21.8 Å². The summed E-state index contributed by atoms with van der Waals surface area (Å²) in [6.07, 6.45) is -0.0969. The van der Waals surface area contributed by atoms with E-state index in [1.807, 2.05) is 6.07 Å². The third kappa shape index (κ3) is 5.65. The Bertz CT molecular complexity index is 485. The first-order valence-electron chi connectivity index (χ1n) is 5.35. The van der Waals surface area contributed by atoms with E-state index in [9.17, 15) is 13.2 Å². The minimum atomic E-state index is -4.05. The summed E-state index contributed by atoms with van der Waals surface area (Å²) in [6, 6.07) is 8.87. The highest BCUT2D eigenvalue weighted by atomic mass is 32.2. The summed E-state index contributed by atoms with van der Waals surface area (Å²) in [5.74, 6) is -1.38. The van der Waals surface area contributed by atoms with E-state index in [1.54, 1.807) is 29.2 Å². The number of rotatable bonds is 7. The Morgan fingerprint density at radius 3 is 2.28 bits per heavy atom. The minimum absolute atomic E-state index is 0.0517. The van der Waals surface area contributed by atoms with Crippen LogP contribution in [0.15, 0.2) is 30.3 Å². The molecule has 0 aromatic heterocycles. The van der Waals surface area contributed by atoms with Crippen LogP contribution in [0.4, 0.5) is 5.69 Å². The van der Waals surface area contributed by atoms with Crippen LogP contribution in [0.1, 0.15) is 6.42 Å². The van der Waals surface area contributed by atoms with Gasteiger partial charge in [-0.25, -0.2) is 0 Å². The Balaban J connectivity index is 2.72. The molecular formula is C11H15NO5S. The molecule has 18 heavy (non-hydrogen) atoms. The minimum Gasteiger partial charge on any atom is -0.481 e. The number of aliphatic carboxylic acids is 1. The molecule has 0 fully saturated rings. The Kier molecular flexibility index (Phi) is 5.11. The largest absolute Gasteiger partial charge is 0.481 e. The van der Waals surface area contributed by atoms with Gasteiger partial charge in [-0.2, -0.15) is 8.42 Å². The van der Waals surface area contributed by atoms with E-state index in [2.05, 4.69) is 0 Å². The van der Waals surface area contributed by atoms with Crippen LogP contribution in [-0.4, -0.2) is 42.9 Å². The monoisotopic (exact) mass is 273 g/mol. The van der Waals surface area contributed by atoms with E-state index >= 15 is 0 Å². The van der Waals surface area contributed by atoms with Crippen molar-refractivity contribution < 1.29 is 22.9 Å². The molecule has 0 aliphatic carbocycles. The van der Waals surface area contributed by atoms with Crippen LogP contribution in [0.5, 0.6) is 0 Å². The smallest absolute Gasteiger partial charge is 0.305 e. The number of para-hydroxylation sites is 1. The molecule has 0 aliphatic rings. The number of nitrogens with zero attached hydrogens (tertiary/aromatic N) is 1. The second-order valence-corrected chi connectivity index (χ2v) is 5.32. The van der Waals surface area contributed by atoms with Gasteiger partial charge >= 0.3 is 5.97 Å². The predicted molar refractivity (Wildman–Crippen MR) is 67.3 cm³/mol. The zero-order valence-electron chi connectivity index (χ0n) is 9.69. The molecule has 0 bridgehead atoms. The number of benzene rings is 1. The van der Waals surface area contributed by atoms with Crippen molar-refractivity contribution in [1.82, 2.24) is 0 Å². The van der Waals surface area contributed by atoms with Gasteiger partial charge in [-0.1, -0.05) is 18.2 Å². The number of carbonyl (C=O) groups is 1. The highest BCUT2D eigenvalue weighted by molar-refractivity contribution is 7.85. The van der Waals surface area contributed by atoms with E-state index in [-0.39, 0.29) is 19.5 Å². The van der Waals surface area contributed by atoms with Gasteiger partial charge in [0, 0.05) is 18.8 Å². The van der Waals surface area contributed by atoms with E-state index in [4.69, 9.17) is 9.66 Å². The third-order valence-corrected chi connectivity index (χ3v) is 3.03. The standard InChI is InChI=1S/C11H15NO5S/c13-11(14)6-7-12(8-9-18(15,16)17)10-4-2-1-3-5-10/h1-5H,6-9H2,(H,13,14)(H,15,16,17). The zero-order chi connectivity index (χ0) is 13.6. The molecule has 2 N–H and O–H groups in total. The Labute approximate surface area is 106 Å². The lowest BCUT2D eigenvalue weighted by Gasteiger charge is -2.23. The fraction of sp³-hybridized carbons (Fsp3) is 0.364. The number of carboxylic acids is 1. The average Bonchev–Trinajstić information content (AvgIpc) is 2.28. The Morgan fingerprint density at radius 1 is 1.17 bits per heavy atom. The molecule has 0 saturated heterocycles. The molecule has 0 radical (unpaired) electrons. The molecule has 0 spiro atoms. The Hall–Kier alpha value is -1.60. The second-order valence-electron chi connectivity index (χ2n) is 3.75. The average molecular weight is 273 g/mol. The maximum Gasteiger partial charge on any atom is 0.305 e. The van der Waals surface area contributed by atoms with Crippen molar-refractivity contribution in [2.75, 3.05) is 23.7 Å². The molecule has 0 amide bonds. The summed E-state index contributed by atoms with van der Waals surface area (Å²) in [5, 5.41) is 8.64. The van der Waals surface area contributed by atoms with Gasteiger partial charge in [0.2, 0.25) is 0 Å². The predicted octanol–water partition coefficient (Wildman–Crippen LogP) is 0.855. The van der Waals surface area contributed by atoms with Crippen molar-refractivity contribution in [3.8, 4) is 0 Å². The fourth-order valence-corrected chi connectivity index (χ4v) is 1.92. The van der Waals surface area contributed by atoms with Crippen molar-refractivity contribution in [3.63, 3.8) is 0 Å². The number of hydrogen-bond acceptors (Lipinski definition) is 4. The molecule has 0 saturated carbocycles. The van der Waals surface area contributed by atoms with Crippen molar-refractivity contribution >= 4 is 21.8 Å². The summed E-state index contributed by atoms with van der Waals surface area (Å²) >= 11 is 0. The van der Waals surface area contributed by atoms with Crippen LogP contribution >= 0.6 is 0 Å². The highest BCUT2D eigenvalue weighted by Gasteiger charge is 2.12. The van der Waals surface area contributed by atoms with E-state index in [0.29, 0.717) is 0 Å². The number of anilines is 1. The molecule has 0 aliphatic heterocycles. The summed E-state index contributed by atoms with van der Waals surface area (Å²) in [6.45, 7) is 0.241. The van der Waals surface area contributed by atoms with Crippen LogP contribution in [0, 0.1) is 0 Å². The number of carboxylic acid groups (broad SMARTS) is 1. The SMILES string of the molecule is O=C(O)CCN(CCS(=O)(=O)O)c1ccccc1. The van der Waals surface area contributed by atoms with E-state index in [0.717, 1.165) is 5.69 Å². The molecule has 0 atom stereocenters. The molecule has 1 aromatic carbocycles. The third-order valence-electron chi connectivity index (χ3n) is 2.34. The fourth-order valence-electron chi connectivity index (χ4n) is 1.46. The maximum absolute atomic E-state index is 10.7. The maximum atomic E-state index is 10.7. The molecule has 7 heteroatoms. The van der Waals surface area contributed by atoms with Gasteiger partial charge in [0.1, 0.15) is 0 Å². The zero-order valence-corrected chi connectivity index (χ0v) is 10.5. The quantitative estimate of drug-likeness (QED) is 0.715. The van der Waals surface area contributed by atoms with Gasteiger partial charge in [-0.15, -0.1) is 0 Å². The molecule has 0 heterocycles. The second kappa shape index (κ2) is 6.36. The topological polar surface area (TPSA) is 94.9 Å². The molecular weight excluding hydrogens is 258 g/mol. The van der Waals surface area contributed by atoms with Crippen LogP contribution in [0.3, 0.4) is 0 Å². The van der Waals surface area contributed by atoms with Gasteiger partial charge in [-0.3, -0.25) is 9.35 Å². The lowest BCUT2D eigenvalue weighted by molar-refractivity contribution is -0.136. The molecule has 100 valence electrons. The molecule has 1 rings (SSSR count). The van der Waals surface area contributed by atoms with Gasteiger partial charge < -0.3 is 10.0 Å². The molecule has 6 nitrogen and oxygen atoms in total. The van der Waals surface area contributed by atoms with Crippen LogP contribution in [0.25, 0.3) is 0 Å². The van der Waals surface area contributed by atoms with Gasteiger partial charge in [-0.05, 0) is 12.1 Å². The van der Waals surface area contributed by atoms with Crippen molar-refractivity contribution in [1.29, 1.82) is 0 Å². The van der Waals surface area contributed by atoms with Crippen molar-refractivity contribution in [2.45, 2.75) is 6.42 Å². The summed E-state index contributed by atoms with van der Waals surface area (Å²) < 4.78 is 30.2. The normalized spacial score (nSPS) is 11.2. The summed E-state index contributed by atoms with van der Waals surface area (Å²) in [7, 11) is -4.05. The molecule has 1 aromatic rings. The first-order valence-corrected chi connectivity index (χ1v) is 6.96. The van der Waals surface area contributed by atoms with Crippen LogP contribution in [0.2, 0.25) is 0 Å². The number of hydrogen-bond donors (Lipinski definition) is 2. The first kappa shape index (κ1) is 14.5. The molecule has 0 unspecified atom stereocenters. The van der Waals surface area contributed by atoms with Crippen molar-refractivity contribution in [3.05, 3.63) is 30.3 Å². The van der Waals surface area contributed by atoms with Gasteiger partial charge in [0.05, 0.1) is 12.2 Å². The van der Waals surface area contributed by atoms with Crippen LogP contribution in [-0.2, 0) is 14.9 Å². The Morgan fingerprint density at radius 2 is 1.78 bits per heavy atom. The summed E-state index contributed by atoms with van der Waals surface area (Å²) in [4.78, 5) is 12.2. The van der Waals surface area contributed by atoms with Gasteiger partial charge in [0.25, 0.3) is 10.1 Å². The highest BCUT2D eigenvalue weighted by Crippen LogP contribution is 2.13. The van der Waals surface area contributed by atoms with E-state index in [1.165, 1.54) is 0 Å².